The molecule has 2 aromatic carbocycles. The Morgan fingerprint density at radius 3 is 2.32 bits per heavy atom. The fourth-order valence-corrected chi connectivity index (χ4v) is 2.57. The van der Waals surface area contributed by atoms with Gasteiger partial charge in [0.05, 0.1) is 19.9 Å². The number of hydrogen-bond donors (Lipinski definition) is 3. The van der Waals surface area contributed by atoms with Crippen molar-refractivity contribution in [1.82, 2.24) is 16.2 Å². The van der Waals surface area contributed by atoms with Crippen LogP contribution in [0.1, 0.15) is 22.8 Å². The fraction of sp³-hybridized carbons (Fsp3) is 0.200. The van der Waals surface area contributed by atoms with E-state index in [9.17, 15) is 9.59 Å². The highest BCUT2D eigenvalue weighted by Crippen LogP contribution is 2.27. The number of carbonyl (C=O) groups excluding carboxylic acids is 2. The zero-order valence-corrected chi connectivity index (χ0v) is 17.4. The molecule has 2 amide bonds. The maximum absolute atomic E-state index is 12.3. The van der Waals surface area contributed by atoms with Crippen LogP contribution >= 0.6 is 15.9 Å². The van der Waals surface area contributed by atoms with Gasteiger partial charge in [0, 0.05) is 21.7 Å². The largest absolute Gasteiger partial charge is 0.497 e. The molecule has 3 N–H and O–H groups in total. The van der Waals surface area contributed by atoms with Gasteiger partial charge in [0.1, 0.15) is 17.5 Å². The molecule has 0 saturated heterocycles. The third-order valence-electron chi connectivity index (χ3n) is 3.92. The highest BCUT2D eigenvalue weighted by atomic mass is 79.9. The lowest BCUT2D eigenvalue weighted by atomic mass is 10.1. The minimum absolute atomic E-state index is 0.342. The number of hydrazine groups is 1. The van der Waals surface area contributed by atoms with Crippen LogP contribution in [0.2, 0.25) is 0 Å². The molecule has 0 radical (unpaired) electrons. The highest BCUT2D eigenvalue weighted by molar-refractivity contribution is 9.10. The summed E-state index contributed by atoms with van der Waals surface area (Å²) in [4.78, 5) is 24.5. The number of methoxy groups -OCH3 is 2. The molecule has 1 unspecified atom stereocenters. The minimum atomic E-state index is -0.755. The van der Waals surface area contributed by atoms with Crippen LogP contribution in [-0.2, 0) is 4.79 Å². The Hall–Kier alpha value is -3.00. The van der Waals surface area contributed by atoms with Crippen molar-refractivity contribution in [2.75, 3.05) is 14.2 Å². The first-order chi connectivity index (χ1) is 13.3. The van der Waals surface area contributed by atoms with Gasteiger partial charge >= 0.3 is 0 Å². The van der Waals surface area contributed by atoms with Crippen LogP contribution in [0, 0.1) is 0 Å². The molecular weight excluding hydrogens is 426 g/mol. The van der Waals surface area contributed by atoms with Gasteiger partial charge in [-0.3, -0.25) is 20.4 Å². The van der Waals surface area contributed by atoms with Gasteiger partial charge in [0.2, 0.25) is 0 Å². The Bertz CT molecular complexity index is 868. The van der Waals surface area contributed by atoms with E-state index in [1.165, 1.54) is 7.11 Å². The second-order valence-corrected chi connectivity index (χ2v) is 6.78. The average Bonchev–Trinajstić information content (AvgIpc) is 2.71. The van der Waals surface area contributed by atoms with Crippen molar-refractivity contribution >= 4 is 33.4 Å². The van der Waals surface area contributed by atoms with Crippen LogP contribution in [0.5, 0.6) is 11.5 Å². The first kappa shape index (κ1) is 21.3. The van der Waals surface area contributed by atoms with E-state index in [0.717, 1.165) is 4.47 Å². The van der Waals surface area contributed by atoms with E-state index in [1.807, 2.05) is 0 Å². The molecule has 0 aliphatic carbocycles. The first-order valence-electron chi connectivity index (χ1n) is 8.39. The lowest BCUT2D eigenvalue weighted by Gasteiger charge is -2.18. The van der Waals surface area contributed by atoms with Crippen LogP contribution in [0.25, 0.3) is 5.70 Å². The number of nitrogens with one attached hydrogen (secondary N) is 3. The maximum atomic E-state index is 12.3. The summed E-state index contributed by atoms with van der Waals surface area (Å²) in [5, 5.41) is 2.64. The van der Waals surface area contributed by atoms with Crippen molar-refractivity contribution in [3.63, 3.8) is 0 Å². The van der Waals surface area contributed by atoms with E-state index in [1.54, 1.807) is 56.5 Å². The standard InChI is InChI=1S/C20H22BrN3O4/c1-12(17-10-9-16(27-3)11-18(17)28-4)23-24-19(25)13(2)22-20(26)14-5-7-15(21)8-6-14/h5-11,13,23H,1H2,2-4H3,(H,22,26)(H,24,25). The number of rotatable bonds is 8. The number of ether oxygens (including phenoxy) is 2. The third-order valence-corrected chi connectivity index (χ3v) is 4.45. The topological polar surface area (TPSA) is 88.7 Å². The zero-order chi connectivity index (χ0) is 20.7. The van der Waals surface area contributed by atoms with Crippen LogP contribution in [0.4, 0.5) is 0 Å². The van der Waals surface area contributed by atoms with Crippen LogP contribution in [0.15, 0.2) is 53.5 Å². The van der Waals surface area contributed by atoms with Gasteiger partial charge in [-0.1, -0.05) is 22.5 Å². The van der Waals surface area contributed by atoms with Crippen molar-refractivity contribution < 1.29 is 19.1 Å². The van der Waals surface area contributed by atoms with Gasteiger partial charge in [-0.15, -0.1) is 0 Å². The molecule has 0 heterocycles. The lowest BCUT2D eigenvalue weighted by Crippen LogP contribution is -2.48. The van der Waals surface area contributed by atoms with Crippen LogP contribution in [0.3, 0.4) is 0 Å². The van der Waals surface area contributed by atoms with E-state index < -0.39 is 11.9 Å². The number of benzene rings is 2. The van der Waals surface area contributed by atoms with Crippen molar-refractivity contribution in [2.45, 2.75) is 13.0 Å². The number of halogens is 1. The van der Waals surface area contributed by atoms with E-state index in [2.05, 4.69) is 38.7 Å². The molecule has 28 heavy (non-hydrogen) atoms. The smallest absolute Gasteiger partial charge is 0.260 e. The van der Waals surface area contributed by atoms with E-state index in [4.69, 9.17) is 9.47 Å². The summed E-state index contributed by atoms with van der Waals surface area (Å²) in [7, 11) is 3.09. The SMILES string of the molecule is C=C(NNC(=O)C(C)NC(=O)c1ccc(Br)cc1)c1ccc(OC)cc1OC. The zero-order valence-electron chi connectivity index (χ0n) is 15.8. The number of amides is 2. The molecule has 0 aromatic heterocycles. The molecule has 2 rings (SSSR count). The molecule has 0 aliphatic rings. The molecule has 0 fully saturated rings. The molecule has 0 bridgehead atoms. The average molecular weight is 448 g/mol. The second-order valence-electron chi connectivity index (χ2n) is 5.86. The molecule has 0 spiro atoms. The molecule has 1 atom stereocenters. The van der Waals surface area contributed by atoms with E-state index in [0.29, 0.717) is 28.3 Å². The molecule has 8 heteroatoms. The van der Waals surface area contributed by atoms with Gasteiger partial charge in [0.25, 0.3) is 11.8 Å². The summed E-state index contributed by atoms with van der Waals surface area (Å²) in [6.07, 6.45) is 0. The van der Waals surface area contributed by atoms with E-state index in [-0.39, 0.29) is 5.91 Å². The summed E-state index contributed by atoms with van der Waals surface area (Å²) >= 11 is 3.31. The first-order valence-corrected chi connectivity index (χ1v) is 9.18. The minimum Gasteiger partial charge on any atom is -0.497 e. The van der Waals surface area contributed by atoms with Crippen LogP contribution in [-0.4, -0.2) is 32.1 Å². The Morgan fingerprint density at radius 2 is 1.71 bits per heavy atom. The molecule has 148 valence electrons. The molecule has 7 nitrogen and oxygen atoms in total. The molecular formula is C20H22BrN3O4. The summed E-state index contributed by atoms with van der Waals surface area (Å²) < 4.78 is 11.3. The van der Waals surface area contributed by atoms with Gasteiger partial charge in [-0.2, -0.15) is 0 Å². The third kappa shape index (κ3) is 5.50. The van der Waals surface area contributed by atoms with Crippen LogP contribution < -0.4 is 25.6 Å². The van der Waals surface area contributed by atoms with Crippen molar-refractivity contribution in [1.29, 1.82) is 0 Å². The van der Waals surface area contributed by atoms with Gasteiger partial charge in [-0.05, 0) is 43.3 Å². The predicted molar refractivity (Wildman–Crippen MR) is 111 cm³/mol. The Kier molecular flexibility index (Phi) is 7.45. The van der Waals surface area contributed by atoms with Crippen molar-refractivity contribution in [3.05, 3.63) is 64.6 Å². The van der Waals surface area contributed by atoms with Crippen molar-refractivity contribution in [2.24, 2.45) is 0 Å². The number of carbonyl (C=O) groups is 2. The van der Waals surface area contributed by atoms with Gasteiger partial charge < -0.3 is 14.8 Å². The quantitative estimate of drug-likeness (QED) is 0.541. The molecule has 0 saturated carbocycles. The molecule has 2 aromatic rings. The number of hydrogen-bond acceptors (Lipinski definition) is 5. The predicted octanol–water partition coefficient (Wildman–Crippen LogP) is 2.88. The summed E-state index contributed by atoms with van der Waals surface area (Å²) in [5.41, 5.74) is 6.82. The lowest BCUT2D eigenvalue weighted by molar-refractivity contribution is -0.123. The highest BCUT2D eigenvalue weighted by Gasteiger charge is 2.17. The van der Waals surface area contributed by atoms with E-state index >= 15 is 0 Å². The van der Waals surface area contributed by atoms with Gasteiger partial charge in [-0.25, -0.2) is 0 Å². The Balaban J connectivity index is 1.93. The normalized spacial score (nSPS) is 11.1. The summed E-state index contributed by atoms with van der Waals surface area (Å²) in [5.74, 6) is 0.425. The molecule has 0 aliphatic heterocycles. The van der Waals surface area contributed by atoms with Crippen molar-refractivity contribution in [3.8, 4) is 11.5 Å². The second kappa shape index (κ2) is 9.80. The Labute approximate surface area is 172 Å². The van der Waals surface area contributed by atoms with Gasteiger partial charge in [0.15, 0.2) is 0 Å². The summed E-state index contributed by atoms with van der Waals surface area (Å²) in [6.45, 7) is 5.49. The Morgan fingerprint density at radius 1 is 1.04 bits per heavy atom. The monoisotopic (exact) mass is 447 g/mol. The fourth-order valence-electron chi connectivity index (χ4n) is 2.31. The summed E-state index contributed by atoms with van der Waals surface area (Å²) in [6, 6.07) is 11.3. The maximum Gasteiger partial charge on any atom is 0.260 e.